The minimum absolute atomic E-state index is 0. The maximum Gasteiger partial charge on any atom is 0.186 e. The van der Waals surface area contributed by atoms with Crippen LogP contribution < -0.4 is 4.98 Å². The first-order valence-electron chi connectivity index (χ1n) is 6.01. The van der Waals surface area contributed by atoms with Gasteiger partial charge in [-0.1, -0.05) is 29.0 Å². The molecule has 0 aromatic carbocycles. The Morgan fingerprint density at radius 3 is 2.06 bits per heavy atom. The van der Waals surface area contributed by atoms with Gasteiger partial charge in [0, 0.05) is 27.3 Å². The molecular formula is C13H23Cl2NSiTi. The van der Waals surface area contributed by atoms with Crippen LogP contribution in [0.2, 0.25) is 6.55 Å². The third-order valence-electron chi connectivity index (χ3n) is 3.26. The third-order valence-corrected chi connectivity index (χ3v) is 9.67. The van der Waals surface area contributed by atoms with E-state index >= 15 is 0 Å². The van der Waals surface area contributed by atoms with E-state index in [1.807, 2.05) is 0 Å². The van der Waals surface area contributed by atoms with E-state index in [-0.39, 0.29) is 31.7 Å². The molecule has 0 heterocycles. The van der Waals surface area contributed by atoms with E-state index in [0.717, 1.165) is 6.42 Å². The quantitative estimate of drug-likeness (QED) is 0.589. The summed E-state index contributed by atoms with van der Waals surface area (Å²) in [5.74, 6) is 0. The second-order valence-corrected chi connectivity index (χ2v) is 11.9. The summed E-state index contributed by atoms with van der Waals surface area (Å²) in [4.78, 5) is 3.70. The van der Waals surface area contributed by atoms with Crippen molar-refractivity contribution < 1.29 is 21.7 Å². The van der Waals surface area contributed by atoms with Crippen molar-refractivity contribution in [3.63, 3.8) is 0 Å². The molecule has 0 fully saturated rings. The zero-order valence-electron chi connectivity index (χ0n) is 12.1. The number of rotatable bonds is 3. The van der Waals surface area contributed by atoms with Gasteiger partial charge < -0.3 is 4.98 Å². The number of hydrogen-bond acceptors (Lipinski definition) is 1. The summed E-state index contributed by atoms with van der Waals surface area (Å²) < 4.78 is -0.327. The fourth-order valence-corrected chi connectivity index (χ4v) is 6.67. The SMILES string of the molecule is CC1=C(C)CC([Si](C)(NC(C)(C)C)C(Cl)Cl)=C1.[Ti]. The first-order chi connectivity index (χ1) is 7.56. The van der Waals surface area contributed by atoms with Crippen LogP contribution in [0.4, 0.5) is 0 Å². The number of halogens is 2. The summed E-state index contributed by atoms with van der Waals surface area (Å²) in [6, 6.07) is 0. The largest absolute Gasteiger partial charge is 0.328 e. The van der Waals surface area contributed by atoms with Crippen molar-refractivity contribution in [1.82, 2.24) is 4.98 Å². The molecule has 0 spiro atoms. The Morgan fingerprint density at radius 2 is 1.78 bits per heavy atom. The summed E-state index contributed by atoms with van der Waals surface area (Å²) in [5.41, 5.74) is 2.83. The molecule has 18 heavy (non-hydrogen) atoms. The Balaban J connectivity index is 0.00000289. The van der Waals surface area contributed by atoms with Gasteiger partial charge in [0.2, 0.25) is 0 Å². The molecule has 1 nitrogen and oxygen atoms in total. The predicted molar refractivity (Wildman–Crippen MR) is 81.1 cm³/mol. The molecule has 102 valence electrons. The molecule has 0 amide bonds. The molecular weight excluding hydrogens is 317 g/mol. The minimum atomic E-state index is -2.01. The Morgan fingerprint density at radius 1 is 1.28 bits per heavy atom. The van der Waals surface area contributed by atoms with Gasteiger partial charge in [-0.05, 0) is 41.0 Å². The van der Waals surface area contributed by atoms with Crippen molar-refractivity contribution in [1.29, 1.82) is 0 Å². The molecule has 1 atom stereocenters. The Hall–Kier alpha value is 0.951. The molecule has 1 rings (SSSR count). The van der Waals surface area contributed by atoms with E-state index in [4.69, 9.17) is 23.2 Å². The van der Waals surface area contributed by atoms with Crippen LogP contribution in [0.25, 0.3) is 0 Å². The van der Waals surface area contributed by atoms with Crippen molar-refractivity contribution in [3.8, 4) is 0 Å². The summed E-state index contributed by atoms with van der Waals surface area (Å²) in [7, 11) is -2.01. The fourth-order valence-electron chi connectivity index (χ4n) is 2.25. The molecule has 0 bridgehead atoms. The van der Waals surface area contributed by atoms with Crippen LogP contribution in [0, 0.1) is 0 Å². The van der Waals surface area contributed by atoms with Crippen LogP contribution in [-0.2, 0) is 21.7 Å². The first kappa shape index (κ1) is 19.0. The first-order valence-corrected chi connectivity index (χ1v) is 9.46. The summed E-state index contributed by atoms with van der Waals surface area (Å²) in [5, 5.41) is 1.41. The predicted octanol–water partition coefficient (Wildman–Crippen LogP) is 4.50. The monoisotopic (exact) mass is 339 g/mol. The smallest absolute Gasteiger partial charge is 0.186 e. The molecule has 1 N–H and O–H groups in total. The molecule has 5 heteroatoms. The van der Waals surface area contributed by atoms with Gasteiger partial charge in [-0.3, -0.25) is 0 Å². The second-order valence-electron chi connectivity index (χ2n) is 6.19. The van der Waals surface area contributed by atoms with E-state index in [9.17, 15) is 0 Å². The van der Waals surface area contributed by atoms with Crippen LogP contribution in [0.1, 0.15) is 41.0 Å². The average molecular weight is 340 g/mol. The van der Waals surface area contributed by atoms with Gasteiger partial charge in [-0.25, -0.2) is 0 Å². The van der Waals surface area contributed by atoms with E-state index in [1.165, 1.54) is 16.3 Å². The van der Waals surface area contributed by atoms with Gasteiger partial charge in [0.15, 0.2) is 8.24 Å². The molecule has 0 radical (unpaired) electrons. The second kappa shape index (κ2) is 6.60. The standard InChI is InChI=1S/C13H23Cl2NSi.Ti/c1-9-7-11(8-10(9)2)17(6,12(14)15)16-13(3,4)5;/h7,12,16H,8H2,1-6H3;. The van der Waals surface area contributed by atoms with Crippen LogP contribution in [0.15, 0.2) is 22.4 Å². The maximum atomic E-state index is 6.27. The van der Waals surface area contributed by atoms with Gasteiger partial charge >= 0.3 is 0 Å². The van der Waals surface area contributed by atoms with Crippen LogP contribution in [0.3, 0.4) is 0 Å². The maximum absolute atomic E-state index is 6.27. The third kappa shape index (κ3) is 4.50. The van der Waals surface area contributed by atoms with E-state index in [2.05, 4.69) is 52.2 Å². The summed E-state index contributed by atoms with van der Waals surface area (Å²) in [6.07, 6.45) is 3.30. The Bertz CT molecular complexity index is 372. The minimum Gasteiger partial charge on any atom is -0.328 e. The summed E-state index contributed by atoms with van der Waals surface area (Å²) in [6.45, 7) is 13.1. The molecule has 0 aromatic heterocycles. The Kier molecular flexibility index (Phi) is 6.95. The summed E-state index contributed by atoms with van der Waals surface area (Å²) >= 11 is 12.5. The molecule has 0 aromatic rings. The zero-order valence-corrected chi connectivity index (χ0v) is 16.2. The van der Waals surface area contributed by atoms with Gasteiger partial charge in [0.25, 0.3) is 0 Å². The van der Waals surface area contributed by atoms with E-state index in [0.29, 0.717) is 0 Å². The van der Waals surface area contributed by atoms with Crippen molar-refractivity contribution in [3.05, 3.63) is 22.4 Å². The van der Waals surface area contributed by atoms with Crippen LogP contribution in [0.5, 0.6) is 0 Å². The van der Waals surface area contributed by atoms with Gasteiger partial charge in [-0.2, -0.15) is 0 Å². The van der Waals surface area contributed by atoms with Crippen LogP contribution >= 0.6 is 23.2 Å². The van der Waals surface area contributed by atoms with Crippen molar-refractivity contribution in [2.75, 3.05) is 0 Å². The van der Waals surface area contributed by atoms with Crippen LogP contribution in [-0.4, -0.2) is 18.2 Å². The number of hydrogen-bond donors (Lipinski definition) is 1. The molecule has 0 saturated carbocycles. The topological polar surface area (TPSA) is 12.0 Å². The van der Waals surface area contributed by atoms with E-state index < -0.39 is 8.24 Å². The van der Waals surface area contributed by atoms with Crippen molar-refractivity contribution in [2.45, 2.75) is 57.6 Å². The molecule has 1 unspecified atom stereocenters. The number of nitrogens with one attached hydrogen (secondary N) is 1. The van der Waals surface area contributed by atoms with Gasteiger partial charge in [0.1, 0.15) is 4.46 Å². The Labute approximate surface area is 137 Å². The van der Waals surface area contributed by atoms with Crippen molar-refractivity contribution >= 4 is 31.4 Å². The fraction of sp³-hybridized carbons (Fsp3) is 0.692. The zero-order chi connectivity index (χ0) is 13.4. The number of allylic oxidation sites excluding steroid dienone is 4. The molecule has 0 aliphatic heterocycles. The molecule has 0 saturated heterocycles. The van der Waals surface area contributed by atoms with Crippen molar-refractivity contribution in [2.24, 2.45) is 0 Å². The molecule has 1 aliphatic rings. The average Bonchev–Trinajstić information content (AvgIpc) is 2.44. The van der Waals surface area contributed by atoms with Gasteiger partial charge in [0.05, 0.1) is 0 Å². The van der Waals surface area contributed by atoms with Gasteiger partial charge in [-0.15, -0.1) is 23.2 Å². The normalized spacial score (nSPS) is 19.7. The van der Waals surface area contributed by atoms with E-state index in [1.54, 1.807) is 0 Å². The number of alkyl halides is 2. The molecule has 1 aliphatic carbocycles.